The van der Waals surface area contributed by atoms with E-state index in [-0.39, 0.29) is 0 Å². The first-order valence-corrected chi connectivity index (χ1v) is 9.67. The van der Waals surface area contributed by atoms with Crippen LogP contribution in [0.3, 0.4) is 0 Å². The maximum atomic E-state index is 10.4. The first kappa shape index (κ1) is 17.9. The van der Waals surface area contributed by atoms with Gasteiger partial charge in [0, 0.05) is 5.39 Å². The summed E-state index contributed by atoms with van der Waals surface area (Å²) in [6, 6.07) is 29.4. The number of benzene rings is 5. The summed E-state index contributed by atoms with van der Waals surface area (Å²) in [5, 5.41) is 17.2. The van der Waals surface area contributed by atoms with Gasteiger partial charge in [0.1, 0.15) is 11.5 Å². The summed E-state index contributed by atoms with van der Waals surface area (Å²) in [5.41, 5.74) is 0. The molecule has 0 aliphatic heterocycles. The Balaban J connectivity index is 1.60. The Bertz CT molecular complexity index is 1350. The summed E-state index contributed by atoms with van der Waals surface area (Å²) < 4.78 is 11.3. The molecule has 0 fully saturated rings. The van der Waals surface area contributed by atoms with Gasteiger partial charge in [-0.3, -0.25) is 0 Å². The van der Waals surface area contributed by atoms with Gasteiger partial charge in [0.25, 0.3) is 0 Å². The van der Waals surface area contributed by atoms with Gasteiger partial charge in [-0.15, -0.1) is 0 Å². The molecule has 0 bridgehead atoms. The van der Waals surface area contributed by atoms with Crippen molar-refractivity contribution in [2.75, 3.05) is 0 Å². The minimum Gasteiger partial charge on any atom is -0.500 e. The summed E-state index contributed by atoms with van der Waals surface area (Å²) in [7, 11) is -1.49. The van der Waals surface area contributed by atoms with Crippen LogP contribution in [0.5, 0.6) is 11.5 Å². The molecular weight excluding hydrogens is 383 g/mol. The highest BCUT2D eigenvalue weighted by molar-refractivity contribution is 6.38. The lowest BCUT2D eigenvalue weighted by molar-refractivity contribution is 0.299. The molecule has 0 atom stereocenters. The van der Waals surface area contributed by atoms with E-state index in [1.807, 2.05) is 30.3 Å². The van der Waals surface area contributed by atoms with Crippen molar-refractivity contribution in [1.82, 2.24) is 0 Å². The Labute approximate surface area is 173 Å². The average Bonchev–Trinajstić information content (AvgIpc) is 2.74. The minimum atomic E-state index is -1.49. The van der Waals surface area contributed by atoms with Gasteiger partial charge in [-0.05, 0) is 57.3 Å². The van der Waals surface area contributed by atoms with Crippen LogP contribution in [0, 0.1) is 0 Å². The van der Waals surface area contributed by atoms with Crippen molar-refractivity contribution in [3.8, 4) is 11.5 Å². The van der Waals surface area contributed by atoms with Crippen LogP contribution in [0.25, 0.3) is 32.3 Å². The summed E-state index contributed by atoms with van der Waals surface area (Å²) in [4.78, 5) is 0. The molecule has 1 N–H and O–H groups in total. The largest absolute Gasteiger partial charge is 0.785 e. The third-order valence-electron chi connectivity index (χ3n) is 4.98. The topological polar surface area (TPSA) is 38.7 Å². The number of halogens is 1. The van der Waals surface area contributed by atoms with E-state index in [0.29, 0.717) is 16.5 Å². The normalized spacial score (nSPS) is 11.1. The maximum absolute atomic E-state index is 10.4. The zero-order chi connectivity index (χ0) is 19.8. The standard InChI is InChI=1S/C24H16BClO3/c26-21-9-3-4-10-22(21)28-25(27)29-23-11-5-8-16-12-13-19-14-17-6-1-2-7-18(17)15-20(19)24(16)23/h1-15,27H. The summed E-state index contributed by atoms with van der Waals surface area (Å²) in [5.74, 6) is 0.903. The first-order chi connectivity index (χ1) is 14.2. The minimum absolute atomic E-state index is 0.359. The number of rotatable bonds is 4. The Morgan fingerprint density at radius 2 is 1.24 bits per heavy atom. The van der Waals surface area contributed by atoms with Crippen LogP contribution in [-0.2, 0) is 0 Å². The second-order valence-corrected chi connectivity index (χ2v) is 7.22. The van der Waals surface area contributed by atoms with Gasteiger partial charge in [-0.1, -0.05) is 72.3 Å². The number of hydrogen-bond donors (Lipinski definition) is 1. The second-order valence-electron chi connectivity index (χ2n) is 6.81. The number of hydrogen-bond acceptors (Lipinski definition) is 3. The molecule has 5 aromatic rings. The zero-order valence-electron chi connectivity index (χ0n) is 15.4. The molecule has 0 heterocycles. The highest BCUT2D eigenvalue weighted by Crippen LogP contribution is 2.35. The lowest BCUT2D eigenvalue weighted by Crippen LogP contribution is -2.29. The van der Waals surface area contributed by atoms with E-state index in [9.17, 15) is 5.02 Å². The van der Waals surface area contributed by atoms with Gasteiger partial charge < -0.3 is 14.3 Å². The van der Waals surface area contributed by atoms with Crippen molar-refractivity contribution in [3.63, 3.8) is 0 Å². The third-order valence-corrected chi connectivity index (χ3v) is 5.29. The van der Waals surface area contributed by atoms with Crippen molar-refractivity contribution < 1.29 is 14.3 Å². The van der Waals surface area contributed by atoms with Gasteiger partial charge in [0.2, 0.25) is 0 Å². The van der Waals surface area contributed by atoms with Gasteiger partial charge in [-0.2, -0.15) is 0 Å². The van der Waals surface area contributed by atoms with Gasteiger partial charge in [0.05, 0.1) is 5.02 Å². The van der Waals surface area contributed by atoms with E-state index >= 15 is 0 Å². The van der Waals surface area contributed by atoms with Crippen LogP contribution < -0.4 is 9.31 Å². The molecule has 0 spiro atoms. The summed E-state index contributed by atoms with van der Waals surface area (Å²) in [6.45, 7) is 0. The third kappa shape index (κ3) is 3.37. The van der Waals surface area contributed by atoms with Crippen molar-refractivity contribution in [2.45, 2.75) is 0 Å². The van der Waals surface area contributed by atoms with Crippen molar-refractivity contribution in [2.24, 2.45) is 0 Å². The van der Waals surface area contributed by atoms with Crippen LogP contribution in [0.15, 0.2) is 91.0 Å². The number of para-hydroxylation sites is 1. The predicted molar refractivity (Wildman–Crippen MR) is 120 cm³/mol. The van der Waals surface area contributed by atoms with Gasteiger partial charge >= 0.3 is 7.32 Å². The zero-order valence-corrected chi connectivity index (χ0v) is 16.1. The molecule has 0 radical (unpaired) electrons. The number of fused-ring (bicyclic) bond motifs is 4. The molecule has 5 heteroatoms. The molecule has 29 heavy (non-hydrogen) atoms. The van der Waals surface area contributed by atoms with Crippen LogP contribution >= 0.6 is 11.6 Å². The fourth-order valence-corrected chi connectivity index (χ4v) is 3.83. The van der Waals surface area contributed by atoms with E-state index in [4.69, 9.17) is 20.9 Å². The van der Waals surface area contributed by atoms with Crippen LogP contribution in [0.4, 0.5) is 0 Å². The van der Waals surface area contributed by atoms with E-state index in [2.05, 4.69) is 36.4 Å². The molecule has 140 valence electrons. The lowest BCUT2D eigenvalue weighted by Gasteiger charge is -2.15. The van der Waals surface area contributed by atoms with E-state index < -0.39 is 7.32 Å². The summed E-state index contributed by atoms with van der Waals surface area (Å²) >= 11 is 6.11. The molecule has 0 amide bonds. The monoisotopic (exact) mass is 398 g/mol. The Kier molecular flexibility index (Phi) is 4.51. The van der Waals surface area contributed by atoms with Crippen molar-refractivity contribution in [1.29, 1.82) is 0 Å². The second kappa shape index (κ2) is 7.32. The highest BCUT2D eigenvalue weighted by atomic mass is 35.5. The average molecular weight is 399 g/mol. The Morgan fingerprint density at radius 3 is 2.07 bits per heavy atom. The Morgan fingerprint density at radius 1 is 0.621 bits per heavy atom. The predicted octanol–water partition coefficient (Wildman–Crippen LogP) is 6.23. The molecule has 0 aliphatic rings. The van der Waals surface area contributed by atoms with E-state index in [1.54, 1.807) is 24.3 Å². The van der Waals surface area contributed by atoms with E-state index in [0.717, 1.165) is 26.9 Å². The van der Waals surface area contributed by atoms with Crippen molar-refractivity contribution >= 4 is 51.2 Å². The van der Waals surface area contributed by atoms with Gasteiger partial charge in [-0.25, -0.2) is 0 Å². The van der Waals surface area contributed by atoms with Crippen LogP contribution in [-0.4, -0.2) is 12.3 Å². The molecule has 0 saturated heterocycles. The maximum Gasteiger partial charge on any atom is 0.785 e. The molecule has 0 aromatic heterocycles. The van der Waals surface area contributed by atoms with Crippen LogP contribution in [0.2, 0.25) is 5.02 Å². The molecule has 0 unspecified atom stereocenters. The van der Waals surface area contributed by atoms with Gasteiger partial charge in [0.15, 0.2) is 0 Å². The molecule has 5 aromatic carbocycles. The molecule has 5 rings (SSSR count). The van der Waals surface area contributed by atoms with Crippen molar-refractivity contribution in [3.05, 3.63) is 96.0 Å². The molecule has 3 nitrogen and oxygen atoms in total. The quantitative estimate of drug-likeness (QED) is 0.221. The molecule has 0 aliphatic carbocycles. The Hall–Kier alpha value is -3.21. The van der Waals surface area contributed by atoms with E-state index in [1.165, 1.54) is 5.39 Å². The molecule has 0 saturated carbocycles. The fraction of sp³-hybridized carbons (Fsp3) is 0. The highest BCUT2D eigenvalue weighted by Gasteiger charge is 2.24. The fourth-order valence-electron chi connectivity index (χ4n) is 3.65. The smallest absolute Gasteiger partial charge is 0.500 e. The van der Waals surface area contributed by atoms with Crippen LogP contribution in [0.1, 0.15) is 0 Å². The summed E-state index contributed by atoms with van der Waals surface area (Å²) in [6.07, 6.45) is 0. The first-order valence-electron chi connectivity index (χ1n) is 9.29. The SMILES string of the molecule is OB(Oc1ccccc1Cl)Oc1cccc2ccc3cc4ccccc4cc3c12. The molecular formula is C24H16BClO3. The lowest BCUT2D eigenvalue weighted by atomic mass is 9.97.